The fraction of sp³-hybridized carbons (Fsp3) is 0.167. The van der Waals surface area contributed by atoms with E-state index in [1.165, 1.54) is 6.92 Å². The first-order valence-corrected chi connectivity index (χ1v) is 7.91. The summed E-state index contributed by atoms with van der Waals surface area (Å²) in [6.07, 6.45) is -0.200. The molecule has 0 heterocycles. The standard InChI is InChI=1S/C18H16B2N2O5/c1-9(11(3)23)8-14-10(2)15(26-17(24)21-19)12-6-4-5-7-13(12)16(14)27-18(25)22-20/h4-8H,1-3H3,(H,21,24)(H,22,25)/b9-8+. The summed E-state index contributed by atoms with van der Waals surface area (Å²) in [4.78, 5) is 35.1. The van der Waals surface area contributed by atoms with Crippen LogP contribution in [0.25, 0.3) is 16.8 Å². The molecule has 7 nitrogen and oxygen atoms in total. The number of ketones is 1. The van der Waals surface area contributed by atoms with Gasteiger partial charge in [0.1, 0.15) is 11.5 Å². The Morgan fingerprint density at radius 3 is 1.89 bits per heavy atom. The maximum absolute atomic E-state index is 11.8. The van der Waals surface area contributed by atoms with Gasteiger partial charge in [0.15, 0.2) is 5.78 Å². The topological polar surface area (TPSA) is 93.7 Å². The lowest BCUT2D eigenvalue weighted by Gasteiger charge is -2.18. The van der Waals surface area contributed by atoms with Gasteiger partial charge in [-0.3, -0.25) is 4.79 Å². The number of carbonyl (C=O) groups is 3. The maximum Gasteiger partial charge on any atom is 0.399 e. The number of rotatable bonds is 4. The highest BCUT2D eigenvalue weighted by Gasteiger charge is 2.21. The van der Waals surface area contributed by atoms with E-state index in [0.717, 1.165) is 0 Å². The van der Waals surface area contributed by atoms with Gasteiger partial charge in [-0.15, -0.1) is 0 Å². The number of ether oxygens (including phenoxy) is 2. The fourth-order valence-corrected chi connectivity index (χ4v) is 2.50. The minimum Gasteiger partial charge on any atom is -0.410 e. The third-order valence-electron chi connectivity index (χ3n) is 3.95. The number of carbonyl (C=O) groups excluding carboxylic acids is 3. The summed E-state index contributed by atoms with van der Waals surface area (Å²) in [6.45, 7) is 4.70. The van der Waals surface area contributed by atoms with Crippen LogP contribution in [-0.4, -0.2) is 33.9 Å². The lowest BCUT2D eigenvalue weighted by atomic mass is 9.96. The van der Waals surface area contributed by atoms with Crippen molar-refractivity contribution in [2.45, 2.75) is 20.8 Å². The molecule has 2 rings (SSSR count). The highest BCUT2D eigenvalue weighted by atomic mass is 16.6. The molecule has 0 saturated carbocycles. The molecule has 0 fully saturated rings. The molecule has 2 aromatic carbocycles. The molecule has 2 amide bonds. The van der Waals surface area contributed by atoms with E-state index in [-0.39, 0.29) is 17.3 Å². The Labute approximate surface area is 159 Å². The molecular formula is C18H16B2N2O5. The number of allylic oxidation sites excluding steroid dienone is 1. The van der Waals surface area contributed by atoms with Gasteiger partial charge in [0, 0.05) is 21.9 Å². The average molecular weight is 362 g/mol. The smallest absolute Gasteiger partial charge is 0.399 e. The Bertz CT molecular complexity index is 956. The first-order chi connectivity index (χ1) is 12.8. The zero-order valence-corrected chi connectivity index (χ0v) is 15.1. The van der Waals surface area contributed by atoms with Crippen LogP contribution in [0, 0.1) is 6.92 Å². The van der Waals surface area contributed by atoms with E-state index in [9.17, 15) is 14.4 Å². The summed E-state index contributed by atoms with van der Waals surface area (Å²) in [7, 11) is 10.2. The van der Waals surface area contributed by atoms with Crippen molar-refractivity contribution in [3.8, 4) is 11.5 Å². The molecule has 0 unspecified atom stereocenters. The minimum absolute atomic E-state index is 0.168. The molecule has 2 aromatic rings. The number of hydrogen-bond donors (Lipinski definition) is 2. The first-order valence-electron chi connectivity index (χ1n) is 7.91. The Balaban J connectivity index is 2.88. The Morgan fingerprint density at radius 1 is 0.926 bits per heavy atom. The highest BCUT2D eigenvalue weighted by Crippen LogP contribution is 2.41. The van der Waals surface area contributed by atoms with Gasteiger partial charge >= 0.3 is 12.2 Å². The molecule has 9 heteroatoms. The quantitative estimate of drug-likeness (QED) is 0.644. The van der Waals surface area contributed by atoms with Crippen LogP contribution in [-0.2, 0) is 4.79 Å². The van der Waals surface area contributed by atoms with Crippen molar-refractivity contribution in [2.24, 2.45) is 0 Å². The Hall–Kier alpha value is -3.22. The van der Waals surface area contributed by atoms with Crippen LogP contribution in [0.5, 0.6) is 11.5 Å². The van der Waals surface area contributed by atoms with E-state index in [2.05, 4.69) is 0 Å². The summed E-state index contributed by atoms with van der Waals surface area (Å²) >= 11 is 0. The Morgan fingerprint density at radius 2 is 1.41 bits per heavy atom. The van der Waals surface area contributed by atoms with E-state index < -0.39 is 12.2 Å². The van der Waals surface area contributed by atoms with Crippen LogP contribution in [0.1, 0.15) is 25.0 Å². The SMILES string of the molecule is [B]NC(=O)Oc1c(C)c(/C=C(\C)C(C)=O)c(OC(=O)N[B])c2ccccc12. The Kier molecular flexibility index (Phi) is 6.28. The molecule has 27 heavy (non-hydrogen) atoms. The lowest BCUT2D eigenvalue weighted by Crippen LogP contribution is -2.25. The number of benzene rings is 2. The van der Waals surface area contributed by atoms with Crippen LogP contribution in [0.2, 0.25) is 0 Å². The third kappa shape index (κ3) is 4.31. The second kappa shape index (κ2) is 8.44. The zero-order valence-electron chi connectivity index (χ0n) is 15.1. The molecule has 0 bridgehead atoms. The van der Waals surface area contributed by atoms with Crippen LogP contribution in [0.4, 0.5) is 9.59 Å². The molecule has 134 valence electrons. The largest absolute Gasteiger partial charge is 0.410 e. The van der Waals surface area contributed by atoms with Crippen molar-refractivity contribution in [1.82, 2.24) is 10.5 Å². The van der Waals surface area contributed by atoms with E-state index >= 15 is 0 Å². The predicted molar refractivity (Wildman–Crippen MR) is 103 cm³/mol. The van der Waals surface area contributed by atoms with E-state index in [1.54, 1.807) is 44.2 Å². The molecule has 0 aliphatic rings. The third-order valence-corrected chi connectivity index (χ3v) is 3.95. The van der Waals surface area contributed by atoms with Crippen molar-refractivity contribution in [2.75, 3.05) is 0 Å². The van der Waals surface area contributed by atoms with Crippen LogP contribution in [0.3, 0.4) is 0 Å². The van der Waals surface area contributed by atoms with Crippen LogP contribution in [0.15, 0.2) is 29.8 Å². The molecule has 0 saturated heterocycles. The van der Waals surface area contributed by atoms with Gasteiger partial charge in [-0.25, -0.2) is 9.59 Å². The van der Waals surface area contributed by atoms with Crippen molar-refractivity contribution in [3.63, 3.8) is 0 Å². The number of amides is 2. The second-order valence-corrected chi connectivity index (χ2v) is 5.69. The van der Waals surface area contributed by atoms with E-state index in [4.69, 9.17) is 25.4 Å². The summed E-state index contributed by atoms with van der Waals surface area (Å²) in [5, 5.41) is 4.78. The van der Waals surface area contributed by atoms with Gasteiger partial charge in [0.25, 0.3) is 0 Å². The summed E-state index contributed by atoms with van der Waals surface area (Å²) in [5.41, 5.74) is 1.28. The molecular weight excluding hydrogens is 346 g/mol. The van der Waals surface area contributed by atoms with Gasteiger partial charge in [0.2, 0.25) is 16.0 Å². The van der Waals surface area contributed by atoms with E-state index in [0.29, 0.717) is 27.5 Å². The monoisotopic (exact) mass is 362 g/mol. The van der Waals surface area contributed by atoms with Crippen LogP contribution >= 0.6 is 0 Å². The predicted octanol–water partition coefficient (Wildman–Crippen LogP) is 2.48. The van der Waals surface area contributed by atoms with Gasteiger partial charge in [-0.1, -0.05) is 24.3 Å². The molecule has 0 aliphatic carbocycles. The minimum atomic E-state index is -0.886. The number of fused-ring (bicyclic) bond motifs is 1. The molecule has 4 radical (unpaired) electrons. The average Bonchev–Trinajstić information content (AvgIpc) is 2.66. The summed E-state index contributed by atoms with van der Waals surface area (Å²) < 4.78 is 10.7. The van der Waals surface area contributed by atoms with Crippen molar-refractivity contribution < 1.29 is 23.9 Å². The molecule has 0 spiro atoms. The fourth-order valence-electron chi connectivity index (χ4n) is 2.50. The zero-order chi connectivity index (χ0) is 20.1. The van der Waals surface area contributed by atoms with Crippen molar-refractivity contribution >= 4 is 50.8 Å². The molecule has 0 aliphatic heterocycles. The summed E-state index contributed by atoms with van der Waals surface area (Å²) in [5.74, 6) is 0.225. The van der Waals surface area contributed by atoms with Gasteiger partial charge in [-0.2, -0.15) is 0 Å². The van der Waals surface area contributed by atoms with Crippen LogP contribution < -0.4 is 19.9 Å². The number of nitrogens with one attached hydrogen (secondary N) is 2. The highest BCUT2D eigenvalue weighted by molar-refractivity contribution is 6.14. The maximum atomic E-state index is 11.8. The van der Waals surface area contributed by atoms with Gasteiger partial charge < -0.3 is 19.9 Å². The molecule has 0 atom stereocenters. The number of hydrogen-bond acceptors (Lipinski definition) is 5. The molecule has 2 N–H and O–H groups in total. The van der Waals surface area contributed by atoms with Gasteiger partial charge in [0.05, 0.1) is 0 Å². The van der Waals surface area contributed by atoms with E-state index in [1.807, 2.05) is 10.5 Å². The van der Waals surface area contributed by atoms with Crippen molar-refractivity contribution in [1.29, 1.82) is 0 Å². The number of Topliss-reactive ketones (excluding diaryl/α,β-unsaturated/α-hetero) is 1. The lowest BCUT2D eigenvalue weighted by molar-refractivity contribution is -0.113. The molecule has 0 aromatic heterocycles. The van der Waals surface area contributed by atoms with Gasteiger partial charge in [-0.05, 0) is 32.4 Å². The summed E-state index contributed by atoms with van der Waals surface area (Å²) in [6, 6.07) is 6.84. The van der Waals surface area contributed by atoms with Crippen molar-refractivity contribution in [3.05, 3.63) is 41.0 Å². The second-order valence-electron chi connectivity index (χ2n) is 5.69. The first kappa shape index (κ1) is 20.1. The normalized spacial score (nSPS) is 11.0.